The van der Waals surface area contributed by atoms with Crippen molar-refractivity contribution in [2.45, 2.75) is 102 Å². The molecule has 3 aliphatic rings. The van der Waals surface area contributed by atoms with E-state index in [-0.39, 0.29) is 35.8 Å². The Labute approximate surface area is 291 Å². The van der Waals surface area contributed by atoms with E-state index in [1.165, 1.54) is 5.56 Å². The molecule has 49 heavy (non-hydrogen) atoms. The molecule has 2 unspecified atom stereocenters. The maximum atomic E-state index is 14.2. The van der Waals surface area contributed by atoms with Crippen LogP contribution in [-0.2, 0) is 27.4 Å². The summed E-state index contributed by atoms with van der Waals surface area (Å²) in [5.41, 5.74) is 5.05. The number of thiophene rings is 1. The number of sulfone groups is 1. The van der Waals surface area contributed by atoms with E-state index in [0.29, 0.717) is 45.8 Å². The number of nitrogens with one attached hydrogen (secondary N) is 1. The van der Waals surface area contributed by atoms with Crippen molar-refractivity contribution in [3.63, 3.8) is 0 Å². The highest BCUT2D eigenvalue weighted by molar-refractivity contribution is 7.92. The van der Waals surface area contributed by atoms with Gasteiger partial charge in [-0.3, -0.25) is 9.97 Å². The molecule has 1 aliphatic carbocycles. The summed E-state index contributed by atoms with van der Waals surface area (Å²) >= 11 is 1.55. The van der Waals surface area contributed by atoms with Crippen LogP contribution in [0.5, 0.6) is 0 Å². The fraction of sp³-hybridized carbons (Fsp3) is 0.486. The second-order valence-electron chi connectivity index (χ2n) is 14.4. The zero-order valence-electron chi connectivity index (χ0n) is 28.6. The van der Waals surface area contributed by atoms with Crippen molar-refractivity contribution in [1.82, 2.24) is 25.1 Å². The van der Waals surface area contributed by atoms with Crippen LogP contribution in [0.4, 0.5) is 5.82 Å². The molecule has 5 aromatic rings. The molecule has 0 aromatic carbocycles. The first-order valence-corrected chi connectivity index (χ1v) is 19.9. The highest BCUT2D eigenvalue weighted by Crippen LogP contribution is 2.51. The first-order valence-electron chi connectivity index (χ1n) is 17.4. The Balaban J connectivity index is 1.30. The summed E-state index contributed by atoms with van der Waals surface area (Å²) in [6, 6.07) is 8.28. The summed E-state index contributed by atoms with van der Waals surface area (Å²) in [7, 11) is -3.67. The monoisotopic (exact) mass is 698 g/mol. The molecule has 4 atom stereocenters. The van der Waals surface area contributed by atoms with Gasteiger partial charge in [0.05, 0.1) is 50.5 Å². The zero-order chi connectivity index (χ0) is 34.0. The number of hydrogen-bond acceptors (Lipinski definition) is 11. The molecule has 10 nitrogen and oxygen atoms in total. The average Bonchev–Trinajstić information content (AvgIpc) is 3.84. The molecule has 0 radical (unpaired) electrons. The van der Waals surface area contributed by atoms with E-state index >= 15 is 0 Å². The smallest absolute Gasteiger partial charge is 0.250 e. The van der Waals surface area contributed by atoms with E-state index in [9.17, 15) is 8.42 Å². The van der Waals surface area contributed by atoms with Gasteiger partial charge in [0.2, 0.25) is 11.8 Å². The minimum Gasteiger partial charge on any atom is -0.421 e. The van der Waals surface area contributed by atoms with Crippen molar-refractivity contribution in [1.29, 1.82) is 0 Å². The summed E-state index contributed by atoms with van der Waals surface area (Å²) < 4.78 is 41.6. The van der Waals surface area contributed by atoms with E-state index in [1.54, 1.807) is 18.3 Å². The number of rotatable bonds is 8. The van der Waals surface area contributed by atoms with Crippen molar-refractivity contribution >= 4 is 37.1 Å². The van der Waals surface area contributed by atoms with Crippen LogP contribution in [-0.4, -0.2) is 51.5 Å². The first kappa shape index (κ1) is 32.5. The topological polar surface area (TPSA) is 133 Å². The lowest BCUT2D eigenvalue weighted by atomic mass is 9.86. The van der Waals surface area contributed by atoms with Gasteiger partial charge < -0.3 is 14.5 Å². The second-order valence-corrected chi connectivity index (χ2v) is 17.4. The number of ether oxygens (including phenoxy) is 1. The highest BCUT2D eigenvalue weighted by atomic mass is 32.2. The summed E-state index contributed by atoms with van der Waals surface area (Å²) in [6.45, 7) is 10.2. The van der Waals surface area contributed by atoms with Gasteiger partial charge in [-0.1, -0.05) is 19.9 Å². The summed E-state index contributed by atoms with van der Waals surface area (Å²) in [5.74, 6) is 1.91. The van der Waals surface area contributed by atoms with Gasteiger partial charge in [0.25, 0.3) is 0 Å². The molecule has 1 fully saturated rings. The predicted molar refractivity (Wildman–Crippen MR) is 190 cm³/mol. The van der Waals surface area contributed by atoms with Crippen LogP contribution >= 0.6 is 11.3 Å². The Morgan fingerprint density at radius 1 is 1.06 bits per heavy atom. The minimum atomic E-state index is -3.67. The molecule has 5 aromatic heterocycles. The van der Waals surface area contributed by atoms with Crippen LogP contribution in [0.25, 0.3) is 32.0 Å². The maximum absolute atomic E-state index is 14.2. The summed E-state index contributed by atoms with van der Waals surface area (Å²) in [5, 5.41) is 13.3. The molecule has 1 N–H and O–H groups in total. The van der Waals surface area contributed by atoms with Gasteiger partial charge in [0.1, 0.15) is 5.82 Å². The largest absolute Gasteiger partial charge is 0.421 e. The third kappa shape index (κ3) is 5.95. The molecule has 2 aliphatic heterocycles. The maximum Gasteiger partial charge on any atom is 0.250 e. The Kier molecular flexibility index (Phi) is 8.31. The van der Waals surface area contributed by atoms with Gasteiger partial charge in [-0.15, -0.1) is 21.5 Å². The van der Waals surface area contributed by atoms with Crippen LogP contribution in [0.15, 0.2) is 46.0 Å². The lowest BCUT2D eigenvalue weighted by Gasteiger charge is -2.32. The molecule has 12 heteroatoms. The first-order chi connectivity index (χ1) is 23.6. The Morgan fingerprint density at radius 3 is 2.63 bits per heavy atom. The van der Waals surface area contributed by atoms with E-state index in [1.807, 2.05) is 24.5 Å². The highest BCUT2D eigenvalue weighted by Gasteiger charge is 2.43. The van der Waals surface area contributed by atoms with E-state index in [0.717, 1.165) is 64.3 Å². The number of aromatic nitrogens is 5. The minimum absolute atomic E-state index is 0.0368. The number of nitrogens with zero attached hydrogens (tertiary/aromatic N) is 5. The number of pyridine rings is 3. The van der Waals surface area contributed by atoms with Crippen LogP contribution < -0.4 is 5.32 Å². The van der Waals surface area contributed by atoms with E-state index in [2.05, 4.69) is 60.3 Å². The van der Waals surface area contributed by atoms with Gasteiger partial charge in [0, 0.05) is 41.4 Å². The van der Waals surface area contributed by atoms with Crippen molar-refractivity contribution < 1.29 is 17.6 Å². The van der Waals surface area contributed by atoms with Gasteiger partial charge in [0.15, 0.2) is 9.84 Å². The third-order valence-corrected chi connectivity index (χ3v) is 13.4. The molecule has 0 spiro atoms. The van der Waals surface area contributed by atoms with Crippen LogP contribution in [0.2, 0.25) is 0 Å². The van der Waals surface area contributed by atoms with Crippen LogP contribution in [0.1, 0.15) is 93.9 Å². The van der Waals surface area contributed by atoms with Gasteiger partial charge in [-0.05, 0) is 93.4 Å². The molecular formula is C37H42N6O4S2. The average molecular weight is 699 g/mol. The second kappa shape index (κ2) is 12.5. The molecule has 256 valence electrons. The predicted octanol–water partition coefficient (Wildman–Crippen LogP) is 7.87. The number of anilines is 1. The van der Waals surface area contributed by atoms with Crippen LogP contribution in [0, 0.1) is 18.8 Å². The lowest BCUT2D eigenvalue weighted by Crippen LogP contribution is -2.29. The Hall–Kier alpha value is -3.74. The summed E-state index contributed by atoms with van der Waals surface area (Å²) in [4.78, 5) is 15.7. The molecule has 0 bridgehead atoms. The molecule has 0 saturated carbocycles. The molecular weight excluding hydrogens is 657 g/mol. The van der Waals surface area contributed by atoms with Gasteiger partial charge in [-0.2, -0.15) is 0 Å². The summed E-state index contributed by atoms with van der Waals surface area (Å²) in [6.07, 6.45) is 9.46. The molecule has 1 saturated heterocycles. The Morgan fingerprint density at radius 2 is 1.88 bits per heavy atom. The zero-order valence-corrected chi connectivity index (χ0v) is 30.2. The SMILES string of the molecule is Cc1nnc(-c2c(CCC3CC(C)OC(C)C3)nc3c(c2-c2cc4ccnc(N[C@H]5CCc6ncccc65)c4s2)S(=O)(=O)C[C@@H]3C(C)C)o1. The molecule has 8 rings (SSSR count). The standard InChI is InChI=1S/C37H42N6O4S2/c1-19(2)26-18-49(44,45)35-32(30-17-24-12-14-39-36(34(24)48-30)41-28-11-10-27-25(28)7-6-13-38-27)31(37-43-42-22(5)47-37)29(40-33(26)35)9-8-23-15-20(3)46-21(4)16-23/h6-7,12-14,17,19-21,23,26,28H,8-11,15-16,18H2,1-5H3,(H,39,41)/t20?,21?,23?,26-,28+/m1/s1. The fourth-order valence-corrected chi connectivity index (χ4v) is 11.6. The molecule has 0 amide bonds. The Bertz CT molecular complexity index is 2150. The van der Waals surface area contributed by atoms with Gasteiger partial charge in [-0.25, -0.2) is 13.4 Å². The van der Waals surface area contributed by atoms with Crippen molar-refractivity contribution in [3.05, 3.63) is 65.2 Å². The third-order valence-electron chi connectivity index (χ3n) is 10.4. The lowest BCUT2D eigenvalue weighted by molar-refractivity contribution is -0.0533. The van der Waals surface area contributed by atoms with Crippen LogP contribution in [0.3, 0.4) is 0 Å². The van der Waals surface area contributed by atoms with Crippen molar-refractivity contribution in [2.24, 2.45) is 11.8 Å². The van der Waals surface area contributed by atoms with Gasteiger partial charge >= 0.3 is 0 Å². The molecule has 7 heterocycles. The normalized spacial score (nSPS) is 24.4. The number of hydrogen-bond donors (Lipinski definition) is 1. The van der Waals surface area contributed by atoms with E-state index < -0.39 is 9.84 Å². The van der Waals surface area contributed by atoms with Crippen molar-refractivity contribution in [2.75, 3.05) is 11.1 Å². The van der Waals surface area contributed by atoms with Crippen molar-refractivity contribution in [3.8, 4) is 21.9 Å². The number of aryl methyl sites for hydroxylation is 3. The fourth-order valence-electron chi connectivity index (χ4n) is 8.19. The van der Waals surface area contributed by atoms with E-state index in [4.69, 9.17) is 19.1 Å². The number of fused-ring (bicyclic) bond motifs is 3. The quantitative estimate of drug-likeness (QED) is 0.171.